The molecule has 2 aromatic heterocycles. The Hall–Kier alpha value is -4.37. The predicted octanol–water partition coefficient (Wildman–Crippen LogP) is 4.68. The second kappa shape index (κ2) is 15.9. The molecule has 0 aliphatic rings. The molecule has 234 valence electrons. The van der Waals surface area contributed by atoms with Crippen molar-refractivity contribution in [2.75, 3.05) is 37.5 Å². The van der Waals surface area contributed by atoms with E-state index in [1.165, 1.54) is 23.1 Å². The van der Waals surface area contributed by atoms with Crippen molar-refractivity contribution in [3.05, 3.63) is 52.8 Å². The molecule has 2 N–H and O–H groups in total. The second-order valence-corrected chi connectivity index (χ2v) is 11.0. The van der Waals surface area contributed by atoms with Crippen LogP contribution in [0, 0.1) is 6.92 Å². The van der Waals surface area contributed by atoms with Crippen LogP contribution in [0.3, 0.4) is 0 Å². The summed E-state index contributed by atoms with van der Waals surface area (Å²) in [6.07, 6.45) is 0. The highest BCUT2D eigenvalue weighted by Gasteiger charge is 2.21. The maximum absolute atomic E-state index is 13.4. The molecule has 0 fully saturated rings. The van der Waals surface area contributed by atoms with Gasteiger partial charge in [-0.25, -0.2) is 0 Å². The number of nitrogens with one attached hydrogen (secondary N) is 2. The summed E-state index contributed by atoms with van der Waals surface area (Å²) < 4.78 is 24.6. The van der Waals surface area contributed by atoms with Gasteiger partial charge >= 0.3 is 0 Å². The molecule has 4 rings (SSSR count). The molecule has 0 aliphatic carbocycles. The summed E-state index contributed by atoms with van der Waals surface area (Å²) in [6, 6.07) is 10.7. The van der Waals surface area contributed by atoms with Gasteiger partial charge in [-0.05, 0) is 71.0 Å². The second-order valence-electron chi connectivity index (χ2n) is 8.91. The third kappa shape index (κ3) is 8.38. The molecular formula is C29H35N7O6S2. The molecule has 2 aromatic carbocycles. The summed E-state index contributed by atoms with van der Waals surface area (Å²) in [5.41, 5.74) is 1.08. The molecule has 0 saturated heterocycles. The number of ether oxygens (including phenoxy) is 4. The van der Waals surface area contributed by atoms with Crippen molar-refractivity contribution in [3.8, 4) is 28.7 Å². The first kappa shape index (κ1) is 32.5. The predicted molar refractivity (Wildman–Crippen MR) is 168 cm³/mol. The number of hydrogen-bond acceptors (Lipinski definition) is 12. The van der Waals surface area contributed by atoms with E-state index >= 15 is 0 Å². The minimum absolute atomic E-state index is 0.0526. The molecule has 2 heterocycles. The molecule has 15 heteroatoms. The summed E-state index contributed by atoms with van der Waals surface area (Å²) in [5.74, 6) is 1.91. The van der Waals surface area contributed by atoms with Crippen LogP contribution in [-0.4, -0.2) is 69.0 Å². The van der Waals surface area contributed by atoms with Crippen LogP contribution in [0.25, 0.3) is 5.69 Å². The van der Waals surface area contributed by atoms with Crippen LogP contribution in [0.5, 0.6) is 23.0 Å². The third-order valence-electron chi connectivity index (χ3n) is 5.79. The Morgan fingerprint density at radius 3 is 2.11 bits per heavy atom. The van der Waals surface area contributed by atoms with Crippen molar-refractivity contribution in [1.82, 2.24) is 30.3 Å². The highest BCUT2D eigenvalue weighted by atomic mass is 32.2. The smallest absolute Gasteiger partial charge is 0.251 e. The minimum Gasteiger partial charge on any atom is -0.494 e. The van der Waals surface area contributed by atoms with Crippen molar-refractivity contribution in [2.45, 2.75) is 46.3 Å². The molecule has 0 radical (unpaired) electrons. The molecule has 0 saturated carbocycles. The largest absolute Gasteiger partial charge is 0.494 e. The Morgan fingerprint density at radius 1 is 0.864 bits per heavy atom. The van der Waals surface area contributed by atoms with Gasteiger partial charge in [-0.1, -0.05) is 23.1 Å². The zero-order valence-electron chi connectivity index (χ0n) is 25.2. The van der Waals surface area contributed by atoms with Crippen LogP contribution in [0.1, 0.15) is 48.9 Å². The molecule has 4 aromatic rings. The van der Waals surface area contributed by atoms with Gasteiger partial charge in [-0.2, -0.15) is 0 Å². The maximum Gasteiger partial charge on any atom is 0.251 e. The van der Waals surface area contributed by atoms with Crippen LogP contribution in [-0.2, 0) is 11.3 Å². The molecular weight excluding hydrogens is 606 g/mol. The van der Waals surface area contributed by atoms with E-state index in [0.29, 0.717) is 71.1 Å². The van der Waals surface area contributed by atoms with Crippen molar-refractivity contribution in [2.24, 2.45) is 0 Å². The Labute approximate surface area is 263 Å². The van der Waals surface area contributed by atoms with Crippen LogP contribution in [0.4, 0.5) is 5.13 Å². The number of carbonyl (C=O) groups excluding carboxylic acids is 2. The lowest BCUT2D eigenvalue weighted by Crippen LogP contribution is -2.25. The minimum atomic E-state index is -0.364. The van der Waals surface area contributed by atoms with Gasteiger partial charge in [-0.3, -0.25) is 19.5 Å². The number of anilines is 1. The lowest BCUT2D eigenvalue weighted by Gasteiger charge is -2.17. The highest BCUT2D eigenvalue weighted by Crippen LogP contribution is 2.39. The summed E-state index contributed by atoms with van der Waals surface area (Å²) in [4.78, 5) is 26.0. The van der Waals surface area contributed by atoms with Gasteiger partial charge in [0.1, 0.15) is 10.8 Å². The summed E-state index contributed by atoms with van der Waals surface area (Å²) in [6.45, 7) is 11.1. The summed E-state index contributed by atoms with van der Waals surface area (Å²) >= 11 is 2.50. The number of amides is 2. The average Bonchev–Trinajstić information content (AvgIpc) is 3.62. The molecule has 2 amide bonds. The Balaban J connectivity index is 1.56. The normalized spacial score (nSPS) is 10.8. The van der Waals surface area contributed by atoms with E-state index in [0.717, 1.165) is 10.7 Å². The molecule has 0 atom stereocenters. The molecule has 13 nitrogen and oxygen atoms in total. The fourth-order valence-electron chi connectivity index (χ4n) is 4.04. The zero-order valence-corrected chi connectivity index (χ0v) is 26.8. The monoisotopic (exact) mass is 641 g/mol. The number of hydrogen-bond donors (Lipinski definition) is 2. The quantitative estimate of drug-likeness (QED) is 0.164. The van der Waals surface area contributed by atoms with Crippen molar-refractivity contribution < 1.29 is 28.5 Å². The van der Waals surface area contributed by atoms with E-state index in [4.69, 9.17) is 18.9 Å². The van der Waals surface area contributed by atoms with Gasteiger partial charge < -0.3 is 24.3 Å². The molecule has 0 unspecified atom stereocenters. The standard InChI is InChI=1S/C29H35N7O6S2/c1-6-39-21-12-10-20(11-13-21)36-24(33-35-29(36)43-17-25(37)31-28-34-32-18(5)44-28)16-30-27(38)19-14-22(40-7-2)26(42-9-4)23(15-19)41-8-3/h10-15H,6-9,16-17H2,1-5H3,(H,30,38)(H,31,34,37). The fourth-order valence-corrected chi connectivity index (χ4v) is 5.42. The van der Waals surface area contributed by atoms with Crippen molar-refractivity contribution in [1.29, 1.82) is 0 Å². The van der Waals surface area contributed by atoms with Crippen LogP contribution in [0.2, 0.25) is 0 Å². The first-order valence-electron chi connectivity index (χ1n) is 14.1. The summed E-state index contributed by atoms with van der Waals surface area (Å²) in [7, 11) is 0. The maximum atomic E-state index is 13.4. The Bertz CT molecular complexity index is 1530. The van der Waals surface area contributed by atoms with Crippen LogP contribution >= 0.6 is 23.1 Å². The van der Waals surface area contributed by atoms with Gasteiger partial charge in [0, 0.05) is 11.3 Å². The van der Waals surface area contributed by atoms with Gasteiger partial charge in [-0.15, -0.1) is 20.4 Å². The van der Waals surface area contributed by atoms with Gasteiger partial charge in [0.25, 0.3) is 5.91 Å². The number of aromatic nitrogens is 5. The van der Waals surface area contributed by atoms with E-state index in [2.05, 4.69) is 31.0 Å². The van der Waals surface area contributed by atoms with Crippen molar-refractivity contribution >= 4 is 40.0 Å². The van der Waals surface area contributed by atoms with E-state index in [-0.39, 0.29) is 24.1 Å². The number of benzene rings is 2. The summed E-state index contributed by atoms with van der Waals surface area (Å²) in [5, 5.41) is 23.8. The number of aryl methyl sites for hydroxylation is 1. The first-order chi connectivity index (χ1) is 21.4. The highest BCUT2D eigenvalue weighted by molar-refractivity contribution is 7.99. The van der Waals surface area contributed by atoms with E-state index in [9.17, 15) is 9.59 Å². The SMILES string of the molecule is CCOc1ccc(-n2c(CNC(=O)c3cc(OCC)c(OCC)c(OCC)c3)nnc2SCC(=O)Nc2nnc(C)s2)cc1. The van der Waals surface area contributed by atoms with Crippen LogP contribution in [0.15, 0.2) is 41.6 Å². The molecule has 0 bridgehead atoms. The van der Waals surface area contributed by atoms with E-state index in [1.807, 2.05) is 58.9 Å². The topological polar surface area (TPSA) is 152 Å². The van der Waals surface area contributed by atoms with E-state index < -0.39 is 0 Å². The van der Waals surface area contributed by atoms with E-state index in [1.54, 1.807) is 16.7 Å². The van der Waals surface area contributed by atoms with Gasteiger partial charge in [0.15, 0.2) is 22.5 Å². The number of thioether (sulfide) groups is 1. The third-order valence-corrected chi connectivity index (χ3v) is 7.47. The van der Waals surface area contributed by atoms with Gasteiger partial charge in [0.05, 0.1) is 38.7 Å². The molecule has 0 aliphatic heterocycles. The number of carbonyl (C=O) groups is 2. The van der Waals surface area contributed by atoms with Crippen LogP contribution < -0.4 is 29.6 Å². The first-order valence-corrected chi connectivity index (χ1v) is 15.9. The fraction of sp³-hybridized carbons (Fsp3) is 0.379. The average molecular weight is 642 g/mol. The molecule has 0 spiro atoms. The number of nitrogens with zero attached hydrogens (tertiary/aromatic N) is 5. The number of rotatable bonds is 16. The Morgan fingerprint density at radius 2 is 1.52 bits per heavy atom. The lowest BCUT2D eigenvalue weighted by molar-refractivity contribution is -0.113. The van der Waals surface area contributed by atoms with Gasteiger partial charge in [0.2, 0.25) is 16.8 Å². The van der Waals surface area contributed by atoms with Crippen molar-refractivity contribution in [3.63, 3.8) is 0 Å². The molecule has 44 heavy (non-hydrogen) atoms. The lowest BCUT2D eigenvalue weighted by atomic mass is 10.1. The zero-order chi connectivity index (χ0) is 31.5. The Kier molecular flexibility index (Phi) is 11.8.